The van der Waals surface area contributed by atoms with Crippen molar-refractivity contribution in [3.05, 3.63) is 286 Å². The van der Waals surface area contributed by atoms with Crippen LogP contribution in [0.5, 0.6) is 0 Å². The van der Waals surface area contributed by atoms with Crippen molar-refractivity contribution in [2.75, 3.05) is 0 Å². The molecule has 12 aromatic carbocycles. The van der Waals surface area contributed by atoms with E-state index in [1.807, 2.05) is 207 Å². The Bertz CT molecular complexity index is 5900. The van der Waals surface area contributed by atoms with Gasteiger partial charge in [0.25, 0.3) is 0 Å². The third kappa shape index (κ3) is 9.65. The first-order chi connectivity index (χ1) is 46.3. The summed E-state index contributed by atoms with van der Waals surface area (Å²) in [6.45, 7) is 8.00. The van der Waals surface area contributed by atoms with Gasteiger partial charge in [0.05, 0.1) is 101 Å². The van der Waals surface area contributed by atoms with Crippen molar-refractivity contribution < 1.29 is 26.3 Å². The summed E-state index contributed by atoms with van der Waals surface area (Å²) >= 11 is 0. The Morgan fingerprint density at radius 2 is 0.615 bits per heavy atom. The summed E-state index contributed by atoms with van der Waals surface area (Å²) in [5, 5.41) is 49.5. The minimum Gasteiger partial charge on any atom is -0.308 e. The van der Waals surface area contributed by atoms with Crippen molar-refractivity contribution in [1.82, 2.24) is 18.3 Å². The van der Waals surface area contributed by atoms with Gasteiger partial charge in [0.2, 0.25) is 0 Å². The summed E-state index contributed by atoms with van der Waals surface area (Å²) in [6.07, 6.45) is -9.34. The summed E-state index contributed by atoms with van der Waals surface area (Å²) in [7, 11) is 0. The Morgan fingerprint density at radius 1 is 0.292 bits per heavy atom. The molecule has 0 aliphatic rings. The Labute approximate surface area is 545 Å². The van der Waals surface area contributed by atoms with Gasteiger partial charge in [0, 0.05) is 43.1 Å². The predicted octanol–water partition coefficient (Wildman–Crippen LogP) is 21.9. The van der Waals surface area contributed by atoms with E-state index in [9.17, 15) is 47.4 Å². The molecule has 0 saturated heterocycles. The van der Waals surface area contributed by atoms with Crippen LogP contribution in [0.3, 0.4) is 0 Å². The molecule has 16 aromatic rings. The van der Waals surface area contributed by atoms with Crippen molar-refractivity contribution >= 4 is 87.2 Å². The second-order valence-electron chi connectivity index (χ2n) is 24.2. The molecule has 0 saturated carbocycles. The van der Waals surface area contributed by atoms with Crippen LogP contribution in [-0.2, 0) is 12.4 Å². The van der Waals surface area contributed by atoms with E-state index in [0.717, 1.165) is 128 Å². The van der Waals surface area contributed by atoms with E-state index >= 15 is 0 Å². The maximum absolute atomic E-state index is 14.7. The minimum absolute atomic E-state index is 0.0811. The average molecular weight is 1260 g/mol. The molecule has 0 aliphatic carbocycles. The number of fused-ring (bicyclic) bond motifs is 12. The van der Waals surface area contributed by atoms with Crippen LogP contribution in [0.2, 0.25) is 0 Å². The lowest BCUT2D eigenvalue weighted by atomic mass is 9.94. The number of nitriles is 4. The molecule has 460 valence electrons. The molecular weight excluding hydrogens is 1210 g/mol. The molecule has 0 aliphatic heterocycles. The number of hydrogen-bond donors (Lipinski definition) is 0. The quantitative estimate of drug-likeness (QED) is 0.154. The van der Waals surface area contributed by atoms with E-state index in [2.05, 4.69) is 45.5 Å². The summed E-state index contributed by atoms with van der Waals surface area (Å²) < 4.78 is 93.4. The first-order valence-corrected chi connectivity index (χ1v) is 30.8. The third-order valence-electron chi connectivity index (χ3n) is 18.2. The first kappa shape index (κ1) is 59.7. The van der Waals surface area contributed by atoms with Gasteiger partial charge in [0.15, 0.2) is 0 Å². The van der Waals surface area contributed by atoms with Crippen LogP contribution in [0, 0.1) is 73.0 Å². The largest absolute Gasteiger partial charge is 0.417 e. The van der Waals surface area contributed by atoms with Gasteiger partial charge in [-0.05, 0) is 169 Å². The van der Waals surface area contributed by atoms with E-state index in [1.165, 1.54) is 18.2 Å². The Kier molecular flexibility index (Phi) is 14.0. The molecule has 0 bridgehead atoms. The van der Waals surface area contributed by atoms with Gasteiger partial charge in [-0.2, -0.15) is 47.4 Å². The van der Waals surface area contributed by atoms with Gasteiger partial charge in [-0.3, -0.25) is 0 Å². The molecule has 0 fully saturated rings. The third-order valence-corrected chi connectivity index (χ3v) is 18.2. The summed E-state index contributed by atoms with van der Waals surface area (Å²) in [5.41, 5.74) is 12.7. The van der Waals surface area contributed by atoms with Crippen LogP contribution in [0.25, 0.3) is 132 Å². The SMILES string of the molecule is Cc1ccc2c3ccccc3n(-c3cc(-c4ccc(C#N)cc4C(F)(F)F)cc(-n4c5ccccc5c5ccc(C)cc54)c3C#N)c2c1.Cc1ccc2c3ccccc3n(-c3cc(-c4ccc(C(F)(F)F)cc4C#N)cc(-n4c5ccccc5c5ccc(C)cc54)c3C#N)c2c1. The highest BCUT2D eigenvalue weighted by Gasteiger charge is 2.36. The molecule has 96 heavy (non-hydrogen) atoms. The van der Waals surface area contributed by atoms with Gasteiger partial charge in [0.1, 0.15) is 23.3 Å². The lowest BCUT2D eigenvalue weighted by Crippen LogP contribution is -2.09. The number of nitrogens with zero attached hydrogens (tertiary/aromatic N) is 8. The highest BCUT2D eigenvalue weighted by Crippen LogP contribution is 2.46. The number of benzene rings is 12. The van der Waals surface area contributed by atoms with Crippen molar-refractivity contribution in [1.29, 1.82) is 21.0 Å². The zero-order valence-corrected chi connectivity index (χ0v) is 51.8. The lowest BCUT2D eigenvalue weighted by Gasteiger charge is -2.20. The Morgan fingerprint density at radius 3 is 0.927 bits per heavy atom. The number of hydrogen-bond acceptors (Lipinski definition) is 4. The second-order valence-corrected chi connectivity index (χ2v) is 24.2. The Hall–Kier alpha value is -12.6. The maximum Gasteiger partial charge on any atom is 0.417 e. The minimum atomic E-state index is -4.73. The van der Waals surface area contributed by atoms with E-state index in [4.69, 9.17) is 0 Å². The van der Waals surface area contributed by atoms with Crippen LogP contribution in [-0.4, -0.2) is 18.3 Å². The van der Waals surface area contributed by atoms with Gasteiger partial charge >= 0.3 is 12.4 Å². The topological polar surface area (TPSA) is 115 Å². The molecule has 0 unspecified atom stereocenters. The first-order valence-electron chi connectivity index (χ1n) is 30.8. The molecule has 4 heterocycles. The van der Waals surface area contributed by atoms with Crippen LogP contribution in [0.15, 0.2) is 231 Å². The molecule has 4 aromatic heterocycles. The van der Waals surface area contributed by atoms with Crippen LogP contribution < -0.4 is 0 Å². The summed E-state index contributed by atoms with van der Waals surface area (Å²) in [6, 6.07) is 78.9. The lowest BCUT2D eigenvalue weighted by molar-refractivity contribution is -0.138. The van der Waals surface area contributed by atoms with Crippen LogP contribution in [0.4, 0.5) is 26.3 Å². The molecule has 0 amide bonds. The van der Waals surface area contributed by atoms with Gasteiger partial charge < -0.3 is 18.3 Å². The number of halogens is 6. The maximum atomic E-state index is 14.7. The molecule has 0 N–H and O–H groups in total. The van der Waals surface area contributed by atoms with Crippen molar-refractivity contribution in [3.8, 4) is 69.3 Å². The van der Waals surface area contributed by atoms with Crippen LogP contribution in [0.1, 0.15) is 55.6 Å². The van der Waals surface area contributed by atoms with Gasteiger partial charge in [-0.1, -0.05) is 133 Å². The number of aryl methyl sites for hydroxylation is 4. The molecule has 16 rings (SSSR count). The van der Waals surface area contributed by atoms with E-state index < -0.39 is 23.5 Å². The molecule has 14 heteroatoms. The molecular formula is C82H50F6N8. The number of aromatic nitrogens is 4. The normalized spacial score (nSPS) is 11.8. The molecule has 0 atom stereocenters. The molecule has 0 spiro atoms. The fourth-order valence-electron chi connectivity index (χ4n) is 14.0. The van der Waals surface area contributed by atoms with Crippen molar-refractivity contribution in [3.63, 3.8) is 0 Å². The van der Waals surface area contributed by atoms with Crippen molar-refractivity contribution in [2.24, 2.45) is 0 Å². The fourth-order valence-corrected chi connectivity index (χ4v) is 14.0. The monoisotopic (exact) mass is 1260 g/mol. The van der Waals surface area contributed by atoms with Gasteiger partial charge in [-0.15, -0.1) is 0 Å². The molecule has 0 radical (unpaired) electrons. The van der Waals surface area contributed by atoms with Crippen molar-refractivity contribution in [2.45, 2.75) is 40.0 Å². The fraction of sp³-hybridized carbons (Fsp3) is 0.0732. The summed E-state index contributed by atoms with van der Waals surface area (Å²) in [4.78, 5) is 0. The van der Waals surface area contributed by atoms with E-state index in [1.54, 1.807) is 12.1 Å². The highest BCUT2D eigenvalue weighted by atomic mass is 19.4. The van der Waals surface area contributed by atoms with E-state index in [0.29, 0.717) is 45.0 Å². The van der Waals surface area contributed by atoms with E-state index in [-0.39, 0.29) is 22.3 Å². The standard InChI is InChI=1S/2C41H25F3N4/c1-24-11-14-32-30-7-3-5-9-35(30)47(37(32)17-24)39-20-26(29-16-13-28(41(42,43)44)19-27(29)22-45)21-40(34(39)23-46)48-36-10-6-4-8-31(36)33-15-12-25(2)18-38(33)48;1-24-11-14-31-29-7-3-5-9-35(29)47(37(31)17-24)39-20-27(28-16-13-26(22-45)19-34(28)41(42,43)44)21-40(33(39)23-46)48-36-10-6-4-8-30(36)32-15-12-25(2)18-38(32)48/h2*3-21H,1-2H3. The zero-order chi connectivity index (χ0) is 66.6. The number of para-hydroxylation sites is 4. The average Bonchev–Trinajstić information content (AvgIpc) is 1.52. The Balaban J connectivity index is 0.000000158. The van der Waals surface area contributed by atoms with Gasteiger partial charge in [-0.25, -0.2) is 0 Å². The number of alkyl halides is 6. The zero-order valence-electron chi connectivity index (χ0n) is 51.8. The smallest absolute Gasteiger partial charge is 0.308 e. The number of rotatable bonds is 6. The second kappa shape index (κ2) is 22.6. The van der Waals surface area contributed by atoms with Crippen LogP contribution >= 0.6 is 0 Å². The molecule has 8 nitrogen and oxygen atoms in total. The highest BCUT2D eigenvalue weighted by molar-refractivity contribution is 6.14. The predicted molar refractivity (Wildman–Crippen MR) is 369 cm³/mol. The summed E-state index contributed by atoms with van der Waals surface area (Å²) in [5.74, 6) is 0.